The lowest BCUT2D eigenvalue weighted by atomic mass is 10.1. The highest BCUT2D eigenvalue weighted by Gasteiger charge is 2.06. The maximum atomic E-state index is 5.59. The highest BCUT2D eigenvalue weighted by atomic mass is 79.9. The third-order valence-electron chi connectivity index (χ3n) is 2.69. The fourth-order valence-electron chi connectivity index (χ4n) is 1.65. The molecule has 0 saturated heterocycles. The first-order valence-electron chi connectivity index (χ1n) is 5.79. The van der Waals surface area contributed by atoms with Crippen molar-refractivity contribution >= 4 is 32.4 Å². The van der Waals surface area contributed by atoms with Crippen molar-refractivity contribution in [2.75, 3.05) is 18.5 Å². The van der Waals surface area contributed by atoms with E-state index in [0.717, 1.165) is 27.4 Å². The summed E-state index contributed by atoms with van der Waals surface area (Å²) in [5, 5.41) is 1.03. The normalized spacial score (nSPS) is 10.6. The van der Waals surface area contributed by atoms with Crippen molar-refractivity contribution < 1.29 is 0 Å². The van der Waals surface area contributed by atoms with Crippen molar-refractivity contribution in [1.82, 2.24) is 4.98 Å². The van der Waals surface area contributed by atoms with Gasteiger partial charge in [0.25, 0.3) is 0 Å². The molecule has 18 heavy (non-hydrogen) atoms. The van der Waals surface area contributed by atoms with Crippen LogP contribution in [-0.4, -0.2) is 18.6 Å². The van der Waals surface area contributed by atoms with Crippen molar-refractivity contribution in [2.45, 2.75) is 13.0 Å². The molecule has 2 rings (SSSR count). The summed E-state index contributed by atoms with van der Waals surface area (Å²) >= 11 is 5.15. The molecule has 0 atom stereocenters. The number of anilines is 1. The zero-order valence-electron chi connectivity index (χ0n) is 10.3. The van der Waals surface area contributed by atoms with Crippen molar-refractivity contribution in [1.29, 1.82) is 0 Å². The van der Waals surface area contributed by atoms with Gasteiger partial charge in [0.15, 0.2) is 5.13 Å². The maximum Gasteiger partial charge on any atom is 0.185 e. The molecule has 5 heteroatoms. The van der Waals surface area contributed by atoms with E-state index in [2.05, 4.69) is 51.1 Å². The Labute approximate surface area is 120 Å². The molecule has 1 heterocycles. The van der Waals surface area contributed by atoms with Gasteiger partial charge in [0.05, 0.1) is 0 Å². The Kier molecular flexibility index (Phi) is 4.74. The minimum atomic E-state index is 0.567. The highest BCUT2D eigenvalue weighted by molar-refractivity contribution is 9.10. The fraction of sp³-hybridized carbons (Fsp3) is 0.308. The third kappa shape index (κ3) is 3.54. The largest absolute Gasteiger partial charge is 0.351 e. The molecule has 0 aliphatic heterocycles. The Morgan fingerprint density at radius 2 is 2.28 bits per heavy atom. The molecule has 96 valence electrons. The summed E-state index contributed by atoms with van der Waals surface area (Å²) in [5.41, 5.74) is 6.92. The van der Waals surface area contributed by atoms with Gasteiger partial charge in [0.2, 0.25) is 0 Å². The van der Waals surface area contributed by atoms with Crippen LogP contribution in [0.5, 0.6) is 0 Å². The molecule has 1 aromatic heterocycles. The van der Waals surface area contributed by atoms with Crippen LogP contribution in [0.15, 0.2) is 34.9 Å². The lowest BCUT2D eigenvalue weighted by molar-refractivity contribution is 0.871. The zero-order chi connectivity index (χ0) is 13.0. The van der Waals surface area contributed by atoms with E-state index in [1.54, 1.807) is 11.3 Å². The van der Waals surface area contributed by atoms with Crippen LogP contribution in [0.2, 0.25) is 0 Å². The molecular formula is C13H16BrN3S. The zero-order valence-corrected chi connectivity index (χ0v) is 12.7. The second-order valence-electron chi connectivity index (χ2n) is 4.11. The van der Waals surface area contributed by atoms with Crippen molar-refractivity contribution in [3.05, 3.63) is 45.4 Å². The highest BCUT2D eigenvalue weighted by Crippen LogP contribution is 2.21. The topological polar surface area (TPSA) is 42.2 Å². The van der Waals surface area contributed by atoms with Gasteiger partial charge in [-0.1, -0.05) is 28.1 Å². The Morgan fingerprint density at radius 3 is 2.94 bits per heavy atom. The third-order valence-corrected chi connectivity index (χ3v) is 4.32. The molecule has 0 unspecified atom stereocenters. The van der Waals surface area contributed by atoms with E-state index < -0.39 is 0 Å². The second kappa shape index (κ2) is 6.31. The average molecular weight is 326 g/mol. The number of benzene rings is 1. The summed E-state index contributed by atoms with van der Waals surface area (Å²) in [5.74, 6) is 0. The molecule has 0 spiro atoms. The smallest absolute Gasteiger partial charge is 0.185 e. The predicted octanol–water partition coefficient (Wildman–Crippen LogP) is 3.04. The van der Waals surface area contributed by atoms with Crippen LogP contribution in [-0.2, 0) is 13.0 Å². The lowest BCUT2D eigenvalue weighted by Gasteiger charge is -2.15. The lowest BCUT2D eigenvalue weighted by Crippen LogP contribution is -2.19. The van der Waals surface area contributed by atoms with Gasteiger partial charge < -0.3 is 10.6 Å². The average Bonchev–Trinajstić information content (AvgIpc) is 2.85. The minimum absolute atomic E-state index is 0.567. The molecule has 2 aromatic rings. The molecule has 0 aliphatic carbocycles. The Bertz CT molecular complexity index is 512. The van der Waals surface area contributed by atoms with E-state index in [4.69, 9.17) is 5.73 Å². The van der Waals surface area contributed by atoms with Crippen LogP contribution in [0.1, 0.15) is 10.4 Å². The van der Waals surface area contributed by atoms with Crippen molar-refractivity contribution in [2.24, 2.45) is 5.73 Å². The number of thiazole rings is 1. The van der Waals surface area contributed by atoms with Gasteiger partial charge in [-0.25, -0.2) is 4.98 Å². The number of hydrogen-bond acceptors (Lipinski definition) is 4. The molecule has 0 amide bonds. The summed E-state index contributed by atoms with van der Waals surface area (Å²) in [6.45, 7) is 1.52. The van der Waals surface area contributed by atoms with Gasteiger partial charge in [-0.05, 0) is 24.1 Å². The van der Waals surface area contributed by atoms with E-state index >= 15 is 0 Å². The van der Waals surface area contributed by atoms with E-state index in [1.807, 2.05) is 12.3 Å². The maximum absolute atomic E-state index is 5.59. The van der Waals surface area contributed by atoms with Crippen LogP contribution >= 0.6 is 27.3 Å². The van der Waals surface area contributed by atoms with Crippen molar-refractivity contribution in [3.8, 4) is 0 Å². The van der Waals surface area contributed by atoms with Gasteiger partial charge in [0.1, 0.15) is 0 Å². The fourth-order valence-corrected chi connectivity index (χ4v) is 2.88. The summed E-state index contributed by atoms with van der Waals surface area (Å²) in [7, 11) is 2.07. The molecule has 0 aliphatic rings. The van der Waals surface area contributed by atoms with Gasteiger partial charge in [-0.2, -0.15) is 0 Å². The molecule has 1 aromatic carbocycles. The van der Waals surface area contributed by atoms with Gasteiger partial charge in [0, 0.05) is 35.7 Å². The molecule has 2 N–H and O–H groups in total. The summed E-state index contributed by atoms with van der Waals surface area (Å²) in [4.78, 5) is 7.67. The van der Waals surface area contributed by atoms with Gasteiger partial charge in [-0.15, -0.1) is 11.3 Å². The molecule has 0 fully saturated rings. The first kappa shape index (κ1) is 13.5. The van der Waals surface area contributed by atoms with E-state index in [0.29, 0.717) is 6.54 Å². The van der Waals surface area contributed by atoms with Crippen LogP contribution < -0.4 is 10.6 Å². The monoisotopic (exact) mass is 325 g/mol. The van der Waals surface area contributed by atoms with Crippen LogP contribution in [0.4, 0.5) is 5.13 Å². The molecule has 0 radical (unpaired) electrons. The minimum Gasteiger partial charge on any atom is -0.351 e. The van der Waals surface area contributed by atoms with Crippen LogP contribution in [0, 0.1) is 0 Å². The molecule has 0 bridgehead atoms. The number of hydrogen-bond donors (Lipinski definition) is 1. The molecule has 3 nitrogen and oxygen atoms in total. The number of nitrogens with zero attached hydrogens (tertiary/aromatic N) is 2. The van der Waals surface area contributed by atoms with Crippen molar-refractivity contribution in [3.63, 3.8) is 0 Å². The number of nitrogens with two attached hydrogens (primary N) is 1. The van der Waals surface area contributed by atoms with Gasteiger partial charge in [-0.3, -0.25) is 0 Å². The van der Waals surface area contributed by atoms with Crippen LogP contribution in [0.3, 0.4) is 0 Å². The van der Waals surface area contributed by atoms with E-state index in [9.17, 15) is 0 Å². The predicted molar refractivity (Wildman–Crippen MR) is 81.1 cm³/mol. The number of aromatic nitrogens is 1. The number of likely N-dealkylation sites (N-methyl/N-ethyl adjacent to an activating group) is 1. The summed E-state index contributed by atoms with van der Waals surface area (Å²) in [6.07, 6.45) is 2.86. The number of halogens is 1. The van der Waals surface area contributed by atoms with E-state index in [1.165, 1.54) is 5.56 Å². The number of rotatable bonds is 5. The van der Waals surface area contributed by atoms with Crippen LogP contribution in [0.25, 0.3) is 0 Å². The Morgan fingerprint density at radius 1 is 1.44 bits per heavy atom. The Balaban J connectivity index is 1.93. The first-order chi connectivity index (χ1) is 8.69. The Hall–Kier alpha value is -0.910. The van der Waals surface area contributed by atoms with Gasteiger partial charge >= 0.3 is 0 Å². The van der Waals surface area contributed by atoms with E-state index in [-0.39, 0.29) is 0 Å². The SMILES string of the molecule is CN(CCc1cccc(Br)c1)c1ncc(CN)s1. The first-order valence-corrected chi connectivity index (χ1v) is 7.40. The quantitative estimate of drug-likeness (QED) is 0.918. The standard InChI is InChI=1S/C13H16BrN3S/c1-17(13-16-9-12(8-15)18-13)6-5-10-3-2-4-11(14)7-10/h2-4,7,9H,5-6,8,15H2,1H3. The summed E-state index contributed by atoms with van der Waals surface area (Å²) < 4.78 is 1.13. The second-order valence-corrected chi connectivity index (χ2v) is 6.12. The molecule has 0 saturated carbocycles. The summed E-state index contributed by atoms with van der Waals surface area (Å²) in [6, 6.07) is 8.41. The molecular weight excluding hydrogens is 310 g/mol.